The Hall–Kier alpha value is -0.830. The Balaban J connectivity index is 2.14. The van der Waals surface area contributed by atoms with Crippen LogP contribution in [0.2, 0.25) is 0 Å². The molecule has 0 amide bonds. The van der Waals surface area contributed by atoms with Gasteiger partial charge in [-0.3, -0.25) is 0 Å². The van der Waals surface area contributed by atoms with Crippen molar-refractivity contribution in [2.75, 3.05) is 0 Å². The second-order valence-corrected chi connectivity index (χ2v) is 5.09. The minimum absolute atomic E-state index is 0.443. The van der Waals surface area contributed by atoms with Crippen LogP contribution in [0.15, 0.2) is 12.4 Å². The van der Waals surface area contributed by atoms with Gasteiger partial charge in [0.25, 0.3) is 0 Å². The van der Waals surface area contributed by atoms with Crippen molar-refractivity contribution in [3.8, 4) is 0 Å². The highest BCUT2D eigenvalue weighted by Crippen LogP contribution is 2.37. The fraction of sp³-hybridized carbons (Fsp3) is 0.769. The van der Waals surface area contributed by atoms with Gasteiger partial charge in [-0.05, 0) is 18.8 Å². The zero-order valence-electron chi connectivity index (χ0n) is 10.3. The van der Waals surface area contributed by atoms with Crippen LogP contribution >= 0.6 is 0 Å². The van der Waals surface area contributed by atoms with Crippen LogP contribution in [0.25, 0.3) is 0 Å². The summed E-state index contributed by atoms with van der Waals surface area (Å²) in [5.74, 6) is 1.45. The summed E-state index contributed by atoms with van der Waals surface area (Å²) >= 11 is 0. The number of aliphatic hydroxyl groups is 1. The highest BCUT2D eigenvalue weighted by molar-refractivity contribution is 5.01. The van der Waals surface area contributed by atoms with E-state index in [1.165, 1.54) is 6.42 Å². The molecule has 0 radical (unpaired) electrons. The fourth-order valence-electron chi connectivity index (χ4n) is 2.95. The van der Waals surface area contributed by atoms with E-state index in [9.17, 15) is 5.11 Å². The van der Waals surface area contributed by atoms with Crippen LogP contribution in [0.4, 0.5) is 0 Å². The molecular weight excluding hydrogens is 200 g/mol. The predicted octanol–water partition coefficient (Wildman–Crippen LogP) is 2.29. The number of imidazole rings is 1. The maximum absolute atomic E-state index is 10.8. The van der Waals surface area contributed by atoms with Crippen LogP contribution in [0.3, 0.4) is 0 Å². The minimum atomic E-state index is -0.522. The Labute approximate surface area is 97.5 Å². The third kappa shape index (κ3) is 2.14. The molecule has 1 aliphatic rings. The Morgan fingerprint density at radius 1 is 1.56 bits per heavy atom. The van der Waals surface area contributed by atoms with E-state index in [-0.39, 0.29) is 0 Å². The maximum atomic E-state index is 10.8. The Morgan fingerprint density at radius 3 is 3.00 bits per heavy atom. The summed E-state index contributed by atoms with van der Waals surface area (Å²) in [4.78, 5) is 4.33. The molecule has 3 nitrogen and oxygen atoms in total. The van der Waals surface area contributed by atoms with Crippen LogP contribution in [-0.2, 0) is 13.5 Å². The second kappa shape index (κ2) is 4.58. The molecule has 1 heterocycles. The third-order valence-corrected chi connectivity index (χ3v) is 4.05. The fourth-order valence-corrected chi connectivity index (χ4v) is 2.95. The van der Waals surface area contributed by atoms with Crippen LogP contribution in [-0.4, -0.2) is 20.3 Å². The van der Waals surface area contributed by atoms with Gasteiger partial charge in [0.2, 0.25) is 0 Å². The van der Waals surface area contributed by atoms with Crippen LogP contribution in [0.5, 0.6) is 0 Å². The first-order chi connectivity index (χ1) is 7.65. The van der Waals surface area contributed by atoms with E-state index in [2.05, 4.69) is 11.9 Å². The third-order valence-electron chi connectivity index (χ3n) is 4.05. The van der Waals surface area contributed by atoms with E-state index in [0.29, 0.717) is 12.3 Å². The number of aromatic nitrogens is 2. The summed E-state index contributed by atoms with van der Waals surface area (Å²) in [6.45, 7) is 2.18. The van der Waals surface area contributed by atoms with Gasteiger partial charge in [0.05, 0.1) is 5.60 Å². The van der Waals surface area contributed by atoms with E-state index in [4.69, 9.17) is 0 Å². The lowest BCUT2D eigenvalue weighted by Crippen LogP contribution is -2.43. The summed E-state index contributed by atoms with van der Waals surface area (Å²) in [6, 6.07) is 0. The number of hydrogen-bond acceptors (Lipinski definition) is 2. The Kier molecular flexibility index (Phi) is 3.33. The molecule has 2 unspecified atom stereocenters. The van der Waals surface area contributed by atoms with Crippen LogP contribution in [0, 0.1) is 5.92 Å². The zero-order valence-corrected chi connectivity index (χ0v) is 10.3. The SMILES string of the molecule is CCC1CCCCC1(O)Cc1nccn1C. The van der Waals surface area contributed by atoms with Crippen molar-refractivity contribution in [2.45, 2.75) is 51.0 Å². The summed E-state index contributed by atoms with van der Waals surface area (Å²) < 4.78 is 2.01. The summed E-state index contributed by atoms with van der Waals surface area (Å²) in [7, 11) is 2.00. The number of aryl methyl sites for hydroxylation is 1. The van der Waals surface area contributed by atoms with Crippen molar-refractivity contribution in [1.82, 2.24) is 9.55 Å². The topological polar surface area (TPSA) is 38.1 Å². The smallest absolute Gasteiger partial charge is 0.111 e. The highest BCUT2D eigenvalue weighted by Gasteiger charge is 2.38. The van der Waals surface area contributed by atoms with E-state index in [1.807, 2.05) is 24.0 Å². The number of hydrogen-bond donors (Lipinski definition) is 1. The summed E-state index contributed by atoms with van der Waals surface area (Å²) in [6.07, 6.45) is 10.0. The molecule has 0 saturated heterocycles. The molecule has 0 bridgehead atoms. The molecule has 2 atom stereocenters. The van der Waals surface area contributed by atoms with Gasteiger partial charge >= 0.3 is 0 Å². The van der Waals surface area contributed by atoms with Crippen molar-refractivity contribution in [1.29, 1.82) is 0 Å². The molecule has 1 N–H and O–H groups in total. The molecule has 3 heteroatoms. The molecule has 1 aromatic rings. The molecule has 90 valence electrons. The van der Waals surface area contributed by atoms with Gasteiger partial charge in [-0.1, -0.05) is 26.2 Å². The van der Waals surface area contributed by atoms with Gasteiger partial charge in [-0.2, -0.15) is 0 Å². The van der Waals surface area contributed by atoms with Crippen LogP contribution < -0.4 is 0 Å². The quantitative estimate of drug-likeness (QED) is 0.852. The molecule has 1 fully saturated rings. The van der Waals surface area contributed by atoms with Gasteiger partial charge in [-0.25, -0.2) is 4.98 Å². The van der Waals surface area contributed by atoms with Crippen molar-refractivity contribution in [2.24, 2.45) is 13.0 Å². The standard InChI is InChI=1S/C13H22N2O/c1-3-11-6-4-5-7-13(11,16)10-12-14-8-9-15(12)2/h8-9,11,16H,3-7,10H2,1-2H3. The van der Waals surface area contributed by atoms with E-state index >= 15 is 0 Å². The maximum Gasteiger partial charge on any atom is 0.111 e. The summed E-state index contributed by atoms with van der Waals surface area (Å²) in [5.41, 5.74) is -0.522. The van der Waals surface area contributed by atoms with Crippen molar-refractivity contribution < 1.29 is 5.11 Å². The van der Waals surface area contributed by atoms with Crippen LogP contribution in [0.1, 0.15) is 44.9 Å². The van der Waals surface area contributed by atoms with Crippen molar-refractivity contribution in [3.63, 3.8) is 0 Å². The molecule has 0 aromatic carbocycles. The highest BCUT2D eigenvalue weighted by atomic mass is 16.3. The zero-order chi connectivity index (χ0) is 11.6. The summed E-state index contributed by atoms with van der Waals surface area (Å²) in [5, 5.41) is 10.8. The first-order valence-corrected chi connectivity index (χ1v) is 6.34. The second-order valence-electron chi connectivity index (χ2n) is 5.09. The van der Waals surface area contributed by atoms with Gasteiger partial charge in [0, 0.05) is 25.9 Å². The van der Waals surface area contributed by atoms with E-state index in [0.717, 1.165) is 31.5 Å². The monoisotopic (exact) mass is 222 g/mol. The van der Waals surface area contributed by atoms with Gasteiger partial charge in [-0.15, -0.1) is 0 Å². The van der Waals surface area contributed by atoms with Gasteiger partial charge in [0.1, 0.15) is 5.82 Å². The average Bonchev–Trinajstić information content (AvgIpc) is 2.64. The van der Waals surface area contributed by atoms with Gasteiger partial charge in [0.15, 0.2) is 0 Å². The molecule has 1 saturated carbocycles. The molecule has 0 spiro atoms. The van der Waals surface area contributed by atoms with Crippen molar-refractivity contribution in [3.05, 3.63) is 18.2 Å². The molecule has 16 heavy (non-hydrogen) atoms. The van der Waals surface area contributed by atoms with E-state index < -0.39 is 5.60 Å². The molecule has 1 aliphatic carbocycles. The predicted molar refractivity (Wildman–Crippen MR) is 64.1 cm³/mol. The number of rotatable bonds is 3. The molecule has 1 aromatic heterocycles. The minimum Gasteiger partial charge on any atom is -0.389 e. The lowest BCUT2D eigenvalue weighted by Gasteiger charge is -2.39. The molecular formula is C13H22N2O. The molecule has 2 rings (SSSR count). The van der Waals surface area contributed by atoms with Crippen molar-refractivity contribution >= 4 is 0 Å². The Morgan fingerprint density at radius 2 is 2.38 bits per heavy atom. The number of nitrogens with zero attached hydrogens (tertiary/aromatic N) is 2. The Bertz CT molecular complexity index is 347. The van der Waals surface area contributed by atoms with Gasteiger partial charge < -0.3 is 9.67 Å². The first-order valence-electron chi connectivity index (χ1n) is 6.34. The van der Waals surface area contributed by atoms with E-state index in [1.54, 1.807) is 0 Å². The lowest BCUT2D eigenvalue weighted by molar-refractivity contribution is -0.0509. The largest absolute Gasteiger partial charge is 0.389 e. The lowest BCUT2D eigenvalue weighted by atomic mass is 9.72. The average molecular weight is 222 g/mol. The first kappa shape index (κ1) is 11.6. The normalized spacial score (nSPS) is 30.6. The molecule has 0 aliphatic heterocycles.